The first-order valence-corrected chi connectivity index (χ1v) is 11.7. The molecule has 0 fully saturated rings. The number of carbonyl (C=O) groups is 1. The molecule has 172 valence electrons. The van der Waals surface area contributed by atoms with Crippen molar-refractivity contribution < 1.29 is 9.53 Å². The van der Waals surface area contributed by atoms with Crippen LogP contribution in [-0.2, 0) is 17.8 Å². The second kappa shape index (κ2) is 10.7. The number of para-hydroxylation sites is 2. The Morgan fingerprint density at radius 1 is 1.12 bits per heavy atom. The van der Waals surface area contributed by atoms with Crippen LogP contribution < -0.4 is 10.1 Å². The summed E-state index contributed by atoms with van der Waals surface area (Å²) in [6, 6.07) is 16.7. The van der Waals surface area contributed by atoms with E-state index < -0.39 is 0 Å². The van der Waals surface area contributed by atoms with Crippen molar-refractivity contribution in [2.75, 3.05) is 13.2 Å². The molecule has 1 heterocycles. The van der Waals surface area contributed by atoms with E-state index in [0.717, 1.165) is 42.0 Å². The molecule has 5 heteroatoms. The fourth-order valence-corrected chi connectivity index (χ4v) is 3.66. The van der Waals surface area contributed by atoms with Crippen LogP contribution in [0.5, 0.6) is 5.75 Å². The number of ether oxygens (including phenoxy) is 1. The van der Waals surface area contributed by atoms with E-state index in [1.54, 1.807) is 0 Å². The monoisotopic (exact) mass is 435 g/mol. The second-order valence-electron chi connectivity index (χ2n) is 9.50. The molecule has 3 rings (SSSR count). The molecule has 5 nitrogen and oxygen atoms in total. The molecule has 0 saturated heterocycles. The normalized spacial score (nSPS) is 12.7. The van der Waals surface area contributed by atoms with Gasteiger partial charge in [-0.15, -0.1) is 0 Å². The van der Waals surface area contributed by atoms with Gasteiger partial charge in [0.2, 0.25) is 5.91 Å². The van der Waals surface area contributed by atoms with Crippen LogP contribution in [0.3, 0.4) is 0 Å². The summed E-state index contributed by atoms with van der Waals surface area (Å²) in [5.41, 5.74) is 3.09. The predicted octanol–water partition coefficient (Wildman–Crippen LogP) is 5.72. The molecule has 1 aromatic heterocycles. The van der Waals surface area contributed by atoms with E-state index in [1.807, 2.05) is 39.0 Å². The molecule has 1 unspecified atom stereocenters. The number of nitrogens with zero attached hydrogens (tertiary/aromatic N) is 2. The van der Waals surface area contributed by atoms with Crippen LogP contribution in [0.15, 0.2) is 48.5 Å². The van der Waals surface area contributed by atoms with E-state index in [9.17, 15) is 4.79 Å². The summed E-state index contributed by atoms with van der Waals surface area (Å²) in [4.78, 5) is 17.0. The number of hydrogen-bond acceptors (Lipinski definition) is 3. The van der Waals surface area contributed by atoms with Gasteiger partial charge in [0, 0.05) is 24.9 Å². The number of fused-ring (bicyclic) bond motifs is 1. The molecule has 0 aliphatic heterocycles. The average Bonchev–Trinajstić information content (AvgIpc) is 3.13. The Kier molecular flexibility index (Phi) is 7.94. The Bertz CT molecular complexity index is 1020. The fourth-order valence-electron chi connectivity index (χ4n) is 3.66. The molecule has 1 atom stereocenters. The van der Waals surface area contributed by atoms with Crippen LogP contribution >= 0.6 is 0 Å². The molecule has 0 aliphatic carbocycles. The number of rotatable bonds is 10. The first-order chi connectivity index (χ1) is 15.3. The van der Waals surface area contributed by atoms with E-state index in [2.05, 4.69) is 54.1 Å². The van der Waals surface area contributed by atoms with Crippen molar-refractivity contribution in [2.24, 2.45) is 5.41 Å². The largest absolute Gasteiger partial charge is 0.494 e. The molecular weight excluding hydrogens is 398 g/mol. The lowest BCUT2D eigenvalue weighted by atomic mass is 9.96. The van der Waals surface area contributed by atoms with Crippen LogP contribution in [0.1, 0.15) is 64.8 Å². The minimum absolute atomic E-state index is 0.0629. The third-order valence-corrected chi connectivity index (χ3v) is 5.91. The van der Waals surface area contributed by atoms with Gasteiger partial charge in [0.1, 0.15) is 11.6 Å². The molecule has 0 saturated carbocycles. The number of carbonyl (C=O) groups excluding carboxylic acids is 1. The quantitative estimate of drug-likeness (QED) is 0.414. The van der Waals surface area contributed by atoms with Crippen molar-refractivity contribution in [3.8, 4) is 5.75 Å². The number of hydrogen-bond donors (Lipinski definition) is 1. The molecule has 0 spiro atoms. The van der Waals surface area contributed by atoms with E-state index in [-0.39, 0.29) is 11.3 Å². The highest BCUT2D eigenvalue weighted by molar-refractivity contribution is 5.81. The van der Waals surface area contributed by atoms with Gasteiger partial charge in [-0.1, -0.05) is 58.9 Å². The predicted molar refractivity (Wildman–Crippen MR) is 131 cm³/mol. The lowest BCUT2D eigenvalue weighted by Crippen LogP contribution is -2.36. The molecule has 32 heavy (non-hydrogen) atoms. The average molecular weight is 436 g/mol. The Labute approximate surface area is 192 Å². The maximum atomic E-state index is 12.2. The molecule has 0 radical (unpaired) electrons. The number of aromatic nitrogens is 2. The molecule has 0 aliphatic rings. The maximum absolute atomic E-state index is 12.2. The highest BCUT2D eigenvalue weighted by atomic mass is 16.5. The summed E-state index contributed by atoms with van der Waals surface area (Å²) in [7, 11) is 0. The van der Waals surface area contributed by atoms with Crippen molar-refractivity contribution >= 4 is 16.9 Å². The van der Waals surface area contributed by atoms with Gasteiger partial charge in [-0.05, 0) is 48.6 Å². The van der Waals surface area contributed by atoms with Gasteiger partial charge in [0.25, 0.3) is 0 Å². The van der Waals surface area contributed by atoms with Crippen molar-refractivity contribution in [1.29, 1.82) is 0 Å². The number of amides is 1. The Morgan fingerprint density at radius 2 is 1.84 bits per heavy atom. The standard InChI is InChI=1S/C27H37N3O2/c1-6-20(2)21-12-14-22(15-13-21)32-19-9-18-30-24-11-8-7-10-23(24)29-25(30)16-17-28-26(31)27(3,4)5/h7-8,10-15,20H,6,9,16-19H2,1-5H3,(H,28,31). The zero-order chi connectivity index (χ0) is 23.1. The molecule has 3 aromatic rings. The summed E-state index contributed by atoms with van der Waals surface area (Å²) in [5, 5.41) is 3.03. The lowest BCUT2D eigenvalue weighted by molar-refractivity contribution is -0.128. The van der Waals surface area contributed by atoms with Gasteiger partial charge in [0.05, 0.1) is 17.6 Å². The van der Waals surface area contributed by atoms with Crippen molar-refractivity contribution in [2.45, 2.75) is 66.3 Å². The molecule has 0 bridgehead atoms. The van der Waals surface area contributed by atoms with Gasteiger partial charge in [0.15, 0.2) is 0 Å². The first-order valence-electron chi connectivity index (χ1n) is 11.7. The third kappa shape index (κ3) is 6.12. The zero-order valence-corrected chi connectivity index (χ0v) is 20.1. The van der Waals surface area contributed by atoms with E-state index in [4.69, 9.17) is 9.72 Å². The number of nitrogens with one attached hydrogen (secondary N) is 1. The van der Waals surface area contributed by atoms with Crippen molar-refractivity contribution in [3.63, 3.8) is 0 Å². The Morgan fingerprint density at radius 3 is 2.53 bits per heavy atom. The van der Waals surface area contributed by atoms with Crippen LogP contribution in [0.2, 0.25) is 0 Å². The SMILES string of the molecule is CCC(C)c1ccc(OCCCn2c(CCNC(=O)C(C)(C)C)nc3ccccc32)cc1. The minimum Gasteiger partial charge on any atom is -0.494 e. The Balaban J connectivity index is 1.58. The third-order valence-electron chi connectivity index (χ3n) is 5.91. The fraction of sp³-hybridized carbons (Fsp3) is 0.481. The first kappa shape index (κ1) is 23.8. The molecular formula is C27H37N3O2. The maximum Gasteiger partial charge on any atom is 0.225 e. The number of benzene rings is 2. The van der Waals surface area contributed by atoms with Gasteiger partial charge < -0.3 is 14.6 Å². The van der Waals surface area contributed by atoms with E-state index in [0.29, 0.717) is 25.5 Å². The minimum atomic E-state index is -0.385. The van der Waals surface area contributed by atoms with E-state index >= 15 is 0 Å². The number of aryl methyl sites for hydroxylation is 1. The van der Waals surface area contributed by atoms with Crippen LogP contribution in [0.25, 0.3) is 11.0 Å². The van der Waals surface area contributed by atoms with Crippen LogP contribution in [0.4, 0.5) is 0 Å². The molecule has 2 aromatic carbocycles. The summed E-state index contributed by atoms with van der Waals surface area (Å²) in [6.45, 7) is 12.3. The Hall–Kier alpha value is -2.82. The van der Waals surface area contributed by atoms with Gasteiger partial charge >= 0.3 is 0 Å². The van der Waals surface area contributed by atoms with Crippen LogP contribution in [0, 0.1) is 5.41 Å². The van der Waals surface area contributed by atoms with Gasteiger partial charge in [-0.25, -0.2) is 4.98 Å². The number of imidazole rings is 1. The lowest BCUT2D eigenvalue weighted by Gasteiger charge is -2.17. The van der Waals surface area contributed by atoms with E-state index in [1.165, 1.54) is 5.56 Å². The summed E-state index contributed by atoms with van der Waals surface area (Å²) < 4.78 is 8.24. The van der Waals surface area contributed by atoms with Crippen molar-refractivity contribution in [3.05, 3.63) is 59.9 Å². The second-order valence-corrected chi connectivity index (χ2v) is 9.50. The topological polar surface area (TPSA) is 56.1 Å². The summed E-state index contributed by atoms with van der Waals surface area (Å²) >= 11 is 0. The summed E-state index contributed by atoms with van der Waals surface area (Å²) in [5.74, 6) is 2.55. The van der Waals surface area contributed by atoms with Gasteiger partial charge in [-0.3, -0.25) is 4.79 Å². The highest BCUT2D eigenvalue weighted by Crippen LogP contribution is 2.22. The smallest absolute Gasteiger partial charge is 0.225 e. The molecule has 1 N–H and O–H groups in total. The summed E-state index contributed by atoms with van der Waals surface area (Å²) in [6.07, 6.45) is 2.73. The van der Waals surface area contributed by atoms with Crippen molar-refractivity contribution in [1.82, 2.24) is 14.9 Å². The van der Waals surface area contributed by atoms with Gasteiger partial charge in [-0.2, -0.15) is 0 Å². The zero-order valence-electron chi connectivity index (χ0n) is 20.1. The molecule has 1 amide bonds. The van der Waals surface area contributed by atoms with Crippen LogP contribution in [-0.4, -0.2) is 28.6 Å². The highest BCUT2D eigenvalue weighted by Gasteiger charge is 2.20.